The molecular formula is C13H17FN2O. The van der Waals surface area contributed by atoms with Crippen LogP contribution in [-0.2, 0) is 5.60 Å². The molecule has 1 aromatic rings. The Balaban J connectivity index is 1.90. The third kappa shape index (κ3) is 1.85. The van der Waals surface area contributed by atoms with E-state index in [-0.39, 0.29) is 0 Å². The number of aromatic nitrogens is 1. The molecule has 1 aromatic heterocycles. The van der Waals surface area contributed by atoms with Crippen LogP contribution in [0, 0.1) is 5.82 Å². The van der Waals surface area contributed by atoms with Gasteiger partial charge in [-0.3, -0.25) is 9.88 Å². The lowest BCUT2D eigenvalue weighted by molar-refractivity contribution is 0.0414. The summed E-state index contributed by atoms with van der Waals surface area (Å²) >= 11 is 0. The van der Waals surface area contributed by atoms with Crippen LogP contribution >= 0.6 is 0 Å². The molecule has 3 rings (SSSR count). The highest BCUT2D eigenvalue weighted by atomic mass is 19.1. The van der Waals surface area contributed by atoms with Crippen LogP contribution in [-0.4, -0.2) is 33.6 Å². The van der Waals surface area contributed by atoms with Crippen LogP contribution in [0.3, 0.4) is 0 Å². The van der Waals surface area contributed by atoms with Gasteiger partial charge in [0, 0.05) is 30.4 Å². The average Bonchev–Trinajstić information content (AvgIpc) is 3.06. The molecule has 0 aromatic carbocycles. The van der Waals surface area contributed by atoms with E-state index in [1.165, 1.54) is 19.0 Å². The third-order valence-corrected chi connectivity index (χ3v) is 3.93. The van der Waals surface area contributed by atoms with Crippen LogP contribution in [0.2, 0.25) is 0 Å². The Kier molecular flexibility index (Phi) is 2.45. The van der Waals surface area contributed by atoms with Gasteiger partial charge in [-0.25, -0.2) is 4.39 Å². The number of hydrogen-bond donors (Lipinski definition) is 1. The summed E-state index contributed by atoms with van der Waals surface area (Å²) in [5, 5.41) is 10.7. The summed E-state index contributed by atoms with van der Waals surface area (Å²) in [6, 6.07) is 2.52. The summed E-state index contributed by atoms with van der Waals surface area (Å²) in [4.78, 5) is 6.04. The van der Waals surface area contributed by atoms with Gasteiger partial charge in [0.05, 0.1) is 6.20 Å². The molecule has 0 bridgehead atoms. The average molecular weight is 236 g/mol. The predicted octanol–water partition coefficient (Wildman–Crippen LogP) is 1.66. The van der Waals surface area contributed by atoms with E-state index in [4.69, 9.17) is 0 Å². The van der Waals surface area contributed by atoms with Gasteiger partial charge in [0.15, 0.2) is 0 Å². The van der Waals surface area contributed by atoms with Crippen LogP contribution < -0.4 is 0 Å². The molecule has 2 heterocycles. The van der Waals surface area contributed by atoms with Gasteiger partial charge in [0.25, 0.3) is 0 Å². The molecule has 2 atom stereocenters. The molecule has 92 valence electrons. The maximum atomic E-state index is 13.7. The SMILES string of the molecule is CC1CC(O)(c2ccncc2F)CN1C1CC1. The minimum absolute atomic E-state index is 0.320. The molecule has 2 fully saturated rings. The Morgan fingerprint density at radius 3 is 2.94 bits per heavy atom. The summed E-state index contributed by atoms with van der Waals surface area (Å²) in [5.41, 5.74) is -0.655. The number of halogens is 1. The second-order valence-corrected chi connectivity index (χ2v) is 5.34. The molecule has 2 unspecified atom stereocenters. The number of likely N-dealkylation sites (tertiary alicyclic amines) is 1. The van der Waals surface area contributed by atoms with Crippen LogP contribution in [0.5, 0.6) is 0 Å². The van der Waals surface area contributed by atoms with E-state index in [2.05, 4.69) is 16.8 Å². The maximum Gasteiger partial charge on any atom is 0.147 e. The Labute approximate surface area is 100 Å². The van der Waals surface area contributed by atoms with Crippen molar-refractivity contribution in [3.8, 4) is 0 Å². The normalized spacial score (nSPS) is 34.2. The van der Waals surface area contributed by atoms with Gasteiger partial charge in [0.1, 0.15) is 11.4 Å². The lowest BCUT2D eigenvalue weighted by Crippen LogP contribution is -2.33. The Morgan fingerprint density at radius 1 is 1.53 bits per heavy atom. The van der Waals surface area contributed by atoms with E-state index < -0.39 is 11.4 Å². The number of aliphatic hydroxyl groups is 1. The third-order valence-electron chi connectivity index (χ3n) is 3.93. The molecule has 0 amide bonds. The lowest BCUT2D eigenvalue weighted by Gasteiger charge is -2.24. The quantitative estimate of drug-likeness (QED) is 0.848. The van der Waals surface area contributed by atoms with E-state index in [0.29, 0.717) is 30.6 Å². The molecule has 2 aliphatic rings. The van der Waals surface area contributed by atoms with Gasteiger partial charge in [-0.1, -0.05) is 0 Å². The summed E-state index contributed by atoms with van der Waals surface area (Å²) in [5.74, 6) is -0.403. The summed E-state index contributed by atoms with van der Waals surface area (Å²) < 4.78 is 13.7. The zero-order valence-corrected chi connectivity index (χ0v) is 9.93. The van der Waals surface area contributed by atoms with Gasteiger partial charge in [-0.2, -0.15) is 0 Å². The van der Waals surface area contributed by atoms with E-state index >= 15 is 0 Å². The minimum atomic E-state index is -1.05. The van der Waals surface area contributed by atoms with Crippen LogP contribution in [0.15, 0.2) is 18.5 Å². The highest BCUT2D eigenvalue weighted by Gasteiger charge is 2.47. The maximum absolute atomic E-state index is 13.7. The fourth-order valence-electron chi connectivity index (χ4n) is 2.97. The molecule has 3 nitrogen and oxygen atoms in total. The molecule has 1 saturated heterocycles. The molecule has 1 aliphatic heterocycles. The number of β-amino-alcohol motifs (C(OH)–C–C–N with tert-alkyl or cyclic N) is 1. The van der Waals surface area contributed by atoms with Gasteiger partial charge < -0.3 is 5.11 Å². The Morgan fingerprint density at radius 2 is 2.29 bits per heavy atom. The fourth-order valence-corrected chi connectivity index (χ4v) is 2.97. The topological polar surface area (TPSA) is 36.4 Å². The summed E-state index contributed by atoms with van der Waals surface area (Å²) in [7, 11) is 0. The van der Waals surface area contributed by atoms with Gasteiger partial charge in [0.2, 0.25) is 0 Å². The molecule has 1 N–H and O–H groups in total. The van der Waals surface area contributed by atoms with Crippen molar-refractivity contribution in [1.82, 2.24) is 9.88 Å². The van der Waals surface area contributed by atoms with Crippen molar-refractivity contribution in [2.75, 3.05) is 6.54 Å². The molecule has 17 heavy (non-hydrogen) atoms. The zero-order valence-electron chi connectivity index (χ0n) is 9.93. The van der Waals surface area contributed by atoms with Gasteiger partial charge in [-0.05, 0) is 32.3 Å². The van der Waals surface area contributed by atoms with Crippen molar-refractivity contribution in [2.24, 2.45) is 0 Å². The monoisotopic (exact) mass is 236 g/mol. The first-order valence-corrected chi connectivity index (χ1v) is 6.18. The van der Waals surface area contributed by atoms with Gasteiger partial charge in [-0.15, -0.1) is 0 Å². The molecule has 1 saturated carbocycles. The van der Waals surface area contributed by atoms with E-state index in [1.54, 1.807) is 12.3 Å². The first-order valence-electron chi connectivity index (χ1n) is 6.18. The molecule has 0 spiro atoms. The number of pyridine rings is 1. The van der Waals surface area contributed by atoms with Crippen molar-refractivity contribution in [3.63, 3.8) is 0 Å². The Bertz CT molecular complexity index is 435. The zero-order chi connectivity index (χ0) is 12.0. The van der Waals surface area contributed by atoms with E-state index in [9.17, 15) is 9.50 Å². The lowest BCUT2D eigenvalue weighted by atomic mass is 9.92. The van der Waals surface area contributed by atoms with Crippen LogP contribution in [0.25, 0.3) is 0 Å². The number of nitrogens with zero attached hydrogens (tertiary/aromatic N) is 2. The van der Waals surface area contributed by atoms with Crippen molar-refractivity contribution < 1.29 is 9.50 Å². The summed E-state index contributed by atoms with van der Waals surface area (Å²) in [6.07, 6.45) is 5.74. The van der Waals surface area contributed by atoms with Crippen molar-refractivity contribution in [3.05, 3.63) is 29.8 Å². The second kappa shape index (κ2) is 3.75. The highest BCUT2D eigenvalue weighted by Crippen LogP contribution is 2.42. The highest BCUT2D eigenvalue weighted by molar-refractivity contribution is 5.24. The number of rotatable bonds is 2. The first-order chi connectivity index (χ1) is 8.10. The van der Waals surface area contributed by atoms with Crippen molar-refractivity contribution in [2.45, 2.75) is 43.9 Å². The standard InChI is InChI=1S/C13H17FN2O/c1-9-6-13(17,8-16(9)10-2-3-10)11-4-5-15-7-12(11)14/h4-5,7,9-10,17H,2-3,6,8H2,1H3. The van der Waals surface area contributed by atoms with Crippen molar-refractivity contribution >= 4 is 0 Å². The minimum Gasteiger partial charge on any atom is -0.384 e. The van der Waals surface area contributed by atoms with E-state index in [0.717, 1.165) is 0 Å². The van der Waals surface area contributed by atoms with Crippen molar-refractivity contribution in [1.29, 1.82) is 0 Å². The molecular weight excluding hydrogens is 219 g/mol. The molecule has 1 aliphatic carbocycles. The largest absolute Gasteiger partial charge is 0.384 e. The first kappa shape index (κ1) is 11.1. The predicted molar refractivity (Wildman–Crippen MR) is 61.9 cm³/mol. The van der Waals surface area contributed by atoms with Crippen LogP contribution in [0.1, 0.15) is 31.7 Å². The smallest absolute Gasteiger partial charge is 0.147 e. The second-order valence-electron chi connectivity index (χ2n) is 5.34. The van der Waals surface area contributed by atoms with E-state index in [1.807, 2.05) is 0 Å². The number of hydrogen-bond acceptors (Lipinski definition) is 3. The molecule has 4 heteroatoms. The fraction of sp³-hybridized carbons (Fsp3) is 0.615. The summed E-state index contributed by atoms with van der Waals surface area (Å²) in [6.45, 7) is 2.65. The van der Waals surface area contributed by atoms with Gasteiger partial charge >= 0.3 is 0 Å². The Hall–Kier alpha value is -1.00. The molecule has 0 radical (unpaired) electrons. The van der Waals surface area contributed by atoms with Crippen LogP contribution in [0.4, 0.5) is 4.39 Å².